The quantitative estimate of drug-likeness (QED) is 0.810. The molecule has 2 atom stereocenters. The monoisotopic (exact) mass is 360 g/mol. The largest absolute Gasteiger partial charge is 0.490 e. The van der Waals surface area contributed by atoms with Crippen LogP contribution in [-0.2, 0) is 4.79 Å². The first-order valence-electron chi connectivity index (χ1n) is 9.85. The molecule has 1 N–H and O–H groups in total. The molecule has 1 aromatic carbocycles. The maximum Gasteiger partial charge on any atom is 0.234 e. The number of nitrogens with one attached hydrogen (secondary N) is 1. The van der Waals surface area contributed by atoms with Crippen molar-refractivity contribution in [2.75, 3.05) is 26.8 Å². The molecule has 26 heavy (non-hydrogen) atoms. The number of carbonyl (C=O) groups excluding carboxylic acids is 1. The highest BCUT2D eigenvalue weighted by Gasteiger charge is 2.31. The van der Waals surface area contributed by atoms with Crippen molar-refractivity contribution >= 4 is 5.91 Å². The van der Waals surface area contributed by atoms with Gasteiger partial charge in [0.1, 0.15) is 0 Å². The Morgan fingerprint density at radius 2 is 1.88 bits per heavy atom. The normalized spacial score (nSPS) is 19.2. The number of hydrogen-bond donors (Lipinski definition) is 1. The maximum atomic E-state index is 12.6. The van der Waals surface area contributed by atoms with Gasteiger partial charge < -0.3 is 14.8 Å². The predicted molar refractivity (Wildman–Crippen MR) is 103 cm³/mol. The van der Waals surface area contributed by atoms with Crippen LogP contribution in [0.4, 0.5) is 0 Å². The van der Waals surface area contributed by atoms with Gasteiger partial charge in [0.15, 0.2) is 11.5 Å². The highest BCUT2D eigenvalue weighted by atomic mass is 16.5. The molecule has 3 rings (SSSR count). The summed E-state index contributed by atoms with van der Waals surface area (Å²) < 4.78 is 11.5. The van der Waals surface area contributed by atoms with E-state index in [1.54, 1.807) is 0 Å². The molecule has 2 unspecified atom stereocenters. The summed E-state index contributed by atoms with van der Waals surface area (Å²) in [6.07, 6.45) is 3.47. The Morgan fingerprint density at radius 1 is 1.19 bits per heavy atom. The standard InChI is InChI=1S/C21H32N2O3/c1-14(2)21(22-20(24)13-23(4)15(3)16-6-7-16)17-8-9-18-19(12-17)26-11-5-10-25-18/h8-9,12,14-16,21H,5-7,10-11,13H2,1-4H3,(H,22,24). The van der Waals surface area contributed by atoms with Crippen LogP contribution in [0, 0.1) is 11.8 Å². The second-order valence-corrected chi connectivity index (χ2v) is 8.04. The molecular weight excluding hydrogens is 328 g/mol. The SMILES string of the molecule is CC(C)C(NC(=O)CN(C)C(C)C1CC1)c1ccc2c(c1)OCCCO2. The Kier molecular flexibility index (Phi) is 6.07. The van der Waals surface area contributed by atoms with Crippen molar-refractivity contribution in [2.24, 2.45) is 11.8 Å². The van der Waals surface area contributed by atoms with E-state index in [1.165, 1.54) is 12.8 Å². The second-order valence-electron chi connectivity index (χ2n) is 8.04. The zero-order valence-corrected chi connectivity index (χ0v) is 16.5. The number of fused-ring (bicyclic) bond motifs is 1. The van der Waals surface area contributed by atoms with Gasteiger partial charge in [-0.15, -0.1) is 0 Å². The van der Waals surface area contributed by atoms with Gasteiger partial charge in [-0.2, -0.15) is 0 Å². The van der Waals surface area contributed by atoms with Crippen LogP contribution < -0.4 is 14.8 Å². The van der Waals surface area contributed by atoms with Gasteiger partial charge in [-0.25, -0.2) is 0 Å². The number of carbonyl (C=O) groups is 1. The van der Waals surface area contributed by atoms with Crippen LogP contribution in [-0.4, -0.2) is 43.7 Å². The third kappa shape index (κ3) is 4.70. The van der Waals surface area contributed by atoms with E-state index in [0.29, 0.717) is 25.8 Å². The first-order chi connectivity index (χ1) is 12.5. The smallest absolute Gasteiger partial charge is 0.234 e. The molecule has 1 heterocycles. The van der Waals surface area contributed by atoms with Crippen LogP contribution >= 0.6 is 0 Å². The van der Waals surface area contributed by atoms with Gasteiger partial charge in [-0.05, 0) is 56.3 Å². The van der Waals surface area contributed by atoms with Crippen LogP contribution in [0.25, 0.3) is 0 Å². The molecule has 0 bridgehead atoms. The molecule has 5 heteroatoms. The van der Waals surface area contributed by atoms with E-state index in [4.69, 9.17) is 9.47 Å². The van der Waals surface area contributed by atoms with E-state index in [2.05, 4.69) is 31.0 Å². The third-order valence-corrected chi connectivity index (χ3v) is 5.51. The van der Waals surface area contributed by atoms with Crippen LogP contribution in [0.1, 0.15) is 51.6 Å². The van der Waals surface area contributed by atoms with Crippen molar-refractivity contribution in [2.45, 2.75) is 52.1 Å². The number of ether oxygens (including phenoxy) is 2. The fraction of sp³-hybridized carbons (Fsp3) is 0.667. The van der Waals surface area contributed by atoms with Crippen molar-refractivity contribution < 1.29 is 14.3 Å². The third-order valence-electron chi connectivity index (χ3n) is 5.51. The van der Waals surface area contributed by atoms with Crippen molar-refractivity contribution in [3.8, 4) is 11.5 Å². The molecular formula is C21H32N2O3. The van der Waals surface area contributed by atoms with Gasteiger partial charge in [0.2, 0.25) is 5.91 Å². The molecule has 1 aliphatic heterocycles. The van der Waals surface area contributed by atoms with E-state index < -0.39 is 0 Å². The lowest BCUT2D eigenvalue weighted by atomic mass is 9.95. The van der Waals surface area contributed by atoms with Crippen molar-refractivity contribution in [3.63, 3.8) is 0 Å². The first-order valence-corrected chi connectivity index (χ1v) is 9.85. The van der Waals surface area contributed by atoms with E-state index in [-0.39, 0.29) is 17.9 Å². The lowest BCUT2D eigenvalue weighted by Gasteiger charge is -2.27. The fourth-order valence-electron chi connectivity index (χ4n) is 3.54. The van der Waals surface area contributed by atoms with E-state index in [1.807, 2.05) is 25.2 Å². The van der Waals surface area contributed by atoms with Gasteiger partial charge in [0, 0.05) is 12.5 Å². The van der Waals surface area contributed by atoms with E-state index >= 15 is 0 Å². The van der Waals surface area contributed by atoms with Gasteiger partial charge in [-0.3, -0.25) is 9.69 Å². The minimum Gasteiger partial charge on any atom is -0.490 e. The molecule has 2 aliphatic rings. The average molecular weight is 360 g/mol. The fourth-order valence-corrected chi connectivity index (χ4v) is 3.54. The van der Waals surface area contributed by atoms with Crippen molar-refractivity contribution in [1.82, 2.24) is 10.2 Å². The molecule has 144 valence electrons. The van der Waals surface area contributed by atoms with Gasteiger partial charge in [0.25, 0.3) is 0 Å². The lowest BCUT2D eigenvalue weighted by molar-refractivity contribution is -0.123. The minimum absolute atomic E-state index is 0.0377. The van der Waals surface area contributed by atoms with Crippen LogP contribution in [0.3, 0.4) is 0 Å². The topological polar surface area (TPSA) is 50.8 Å². The Labute approximate surface area is 157 Å². The molecule has 1 amide bonds. The summed E-state index contributed by atoms with van der Waals surface area (Å²) in [5, 5.41) is 3.22. The molecule has 1 fully saturated rings. The lowest BCUT2D eigenvalue weighted by Crippen LogP contribution is -2.42. The van der Waals surface area contributed by atoms with Gasteiger partial charge in [0.05, 0.1) is 25.8 Å². The second kappa shape index (κ2) is 8.30. The summed E-state index contributed by atoms with van der Waals surface area (Å²) in [5.41, 5.74) is 1.07. The zero-order chi connectivity index (χ0) is 18.7. The number of likely N-dealkylation sites (N-methyl/N-ethyl adjacent to an activating group) is 1. The van der Waals surface area contributed by atoms with E-state index in [9.17, 15) is 4.79 Å². The summed E-state index contributed by atoms with van der Waals surface area (Å²) in [6, 6.07) is 6.44. The Bertz CT molecular complexity index is 628. The number of hydrogen-bond acceptors (Lipinski definition) is 4. The summed E-state index contributed by atoms with van der Waals surface area (Å²) in [5.74, 6) is 2.69. The molecule has 1 aromatic rings. The van der Waals surface area contributed by atoms with Crippen LogP contribution in [0.15, 0.2) is 18.2 Å². The Morgan fingerprint density at radius 3 is 2.54 bits per heavy atom. The highest BCUT2D eigenvalue weighted by Crippen LogP contribution is 2.35. The number of nitrogens with zero attached hydrogens (tertiary/aromatic N) is 1. The average Bonchev–Trinajstić information content (AvgIpc) is 3.44. The number of benzene rings is 1. The molecule has 0 aromatic heterocycles. The first kappa shape index (κ1) is 19.0. The van der Waals surface area contributed by atoms with Gasteiger partial charge in [-0.1, -0.05) is 19.9 Å². The Hall–Kier alpha value is -1.75. The predicted octanol–water partition coefficient (Wildman–Crippen LogP) is 3.39. The number of rotatable bonds is 7. The van der Waals surface area contributed by atoms with Gasteiger partial charge >= 0.3 is 0 Å². The molecule has 0 radical (unpaired) electrons. The molecule has 1 aliphatic carbocycles. The van der Waals surface area contributed by atoms with E-state index in [0.717, 1.165) is 29.4 Å². The summed E-state index contributed by atoms with van der Waals surface area (Å²) in [7, 11) is 2.04. The Balaban J connectivity index is 1.66. The van der Waals surface area contributed by atoms with Crippen LogP contribution in [0.2, 0.25) is 0 Å². The zero-order valence-electron chi connectivity index (χ0n) is 16.5. The van der Waals surface area contributed by atoms with Crippen molar-refractivity contribution in [3.05, 3.63) is 23.8 Å². The summed E-state index contributed by atoms with van der Waals surface area (Å²) >= 11 is 0. The minimum atomic E-state index is -0.0377. The summed E-state index contributed by atoms with van der Waals surface area (Å²) in [6.45, 7) is 8.26. The number of amides is 1. The molecule has 0 spiro atoms. The molecule has 1 saturated carbocycles. The highest BCUT2D eigenvalue weighted by molar-refractivity contribution is 5.78. The molecule has 0 saturated heterocycles. The van der Waals surface area contributed by atoms with Crippen LogP contribution in [0.5, 0.6) is 11.5 Å². The molecule has 5 nitrogen and oxygen atoms in total. The maximum absolute atomic E-state index is 12.6. The summed E-state index contributed by atoms with van der Waals surface area (Å²) in [4.78, 5) is 14.8. The van der Waals surface area contributed by atoms with Crippen molar-refractivity contribution in [1.29, 1.82) is 0 Å².